The zero-order chi connectivity index (χ0) is 22.2. The molecule has 1 amide bonds. The topological polar surface area (TPSA) is 101 Å². The van der Waals surface area contributed by atoms with Gasteiger partial charge in [0.25, 0.3) is 5.91 Å². The lowest BCUT2D eigenvalue weighted by Crippen LogP contribution is -2.32. The van der Waals surface area contributed by atoms with E-state index in [0.717, 1.165) is 17.0 Å². The van der Waals surface area contributed by atoms with Crippen LogP contribution in [-0.4, -0.2) is 49.3 Å². The van der Waals surface area contributed by atoms with Crippen LogP contribution in [0.1, 0.15) is 6.92 Å². The van der Waals surface area contributed by atoms with Gasteiger partial charge in [0.15, 0.2) is 18.1 Å². The van der Waals surface area contributed by atoms with Crippen LogP contribution in [0.15, 0.2) is 54.6 Å². The van der Waals surface area contributed by atoms with Crippen molar-refractivity contribution in [2.24, 2.45) is 0 Å². The normalized spacial score (nSPS) is 11.7. The number of hydrogen-bond donors (Lipinski definition) is 1. The van der Waals surface area contributed by atoms with Crippen molar-refractivity contribution in [2.45, 2.75) is 6.92 Å². The Bertz CT molecular complexity index is 1040. The maximum absolute atomic E-state index is 11.9. The molecule has 0 unspecified atom stereocenters. The zero-order valence-electron chi connectivity index (χ0n) is 17.6. The van der Waals surface area contributed by atoms with E-state index in [4.69, 9.17) is 23.7 Å². The number of amides is 1. The highest BCUT2D eigenvalue weighted by Crippen LogP contribution is 2.35. The van der Waals surface area contributed by atoms with Gasteiger partial charge in [-0.3, -0.25) is 4.79 Å². The third-order valence-electron chi connectivity index (χ3n) is 4.49. The first-order chi connectivity index (χ1) is 15.7. The molecule has 0 aliphatic carbocycles. The first kappa shape index (κ1) is 21.2. The standard InChI is InChI=1S/C23H23N3O6/c1-2-28-17-5-3-16(4-6-17)19-8-10-23(26-25-19)29-12-11-24-22(27)14-30-18-7-9-20-21(13-18)32-15-31-20/h3-10,13H,2,11-12,14-15H2,1H3,(H,24,27). The fraction of sp³-hybridized carbons (Fsp3) is 0.261. The molecule has 166 valence electrons. The first-order valence-corrected chi connectivity index (χ1v) is 10.2. The molecule has 9 heteroatoms. The number of rotatable bonds is 10. The average Bonchev–Trinajstić information content (AvgIpc) is 3.30. The van der Waals surface area contributed by atoms with Crippen LogP contribution in [0.25, 0.3) is 11.3 Å². The van der Waals surface area contributed by atoms with Gasteiger partial charge in [-0.25, -0.2) is 0 Å². The number of nitrogens with one attached hydrogen (secondary N) is 1. The lowest BCUT2D eigenvalue weighted by atomic mass is 10.1. The van der Waals surface area contributed by atoms with Crippen LogP contribution in [0.2, 0.25) is 0 Å². The lowest BCUT2D eigenvalue weighted by Gasteiger charge is -2.09. The van der Waals surface area contributed by atoms with Crippen molar-refractivity contribution < 1.29 is 28.5 Å². The van der Waals surface area contributed by atoms with E-state index in [9.17, 15) is 4.79 Å². The summed E-state index contributed by atoms with van der Waals surface area (Å²) in [4.78, 5) is 11.9. The van der Waals surface area contributed by atoms with Gasteiger partial charge in [-0.2, -0.15) is 0 Å². The summed E-state index contributed by atoms with van der Waals surface area (Å²) < 4.78 is 27.0. The van der Waals surface area contributed by atoms with Gasteiger partial charge in [0.2, 0.25) is 12.7 Å². The molecule has 2 heterocycles. The summed E-state index contributed by atoms with van der Waals surface area (Å²) in [6.07, 6.45) is 0. The van der Waals surface area contributed by atoms with E-state index >= 15 is 0 Å². The minimum atomic E-state index is -0.261. The smallest absolute Gasteiger partial charge is 0.258 e. The van der Waals surface area contributed by atoms with Gasteiger partial charge in [-0.1, -0.05) is 0 Å². The summed E-state index contributed by atoms with van der Waals surface area (Å²) in [6.45, 7) is 3.21. The maximum Gasteiger partial charge on any atom is 0.258 e. The summed E-state index contributed by atoms with van der Waals surface area (Å²) in [5, 5.41) is 11.0. The van der Waals surface area contributed by atoms with Crippen LogP contribution in [-0.2, 0) is 4.79 Å². The van der Waals surface area contributed by atoms with Crippen LogP contribution in [0, 0.1) is 0 Å². The Morgan fingerprint density at radius 1 is 0.938 bits per heavy atom. The molecule has 0 spiro atoms. The van der Waals surface area contributed by atoms with E-state index in [1.54, 1.807) is 24.3 Å². The fourth-order valence-corrected chi connectivity index (χ4v) is 2.95. The number of carbonyl (C=O) groups is 1. The van der Waals surface area contributed by atoms with Crippen molar-refractivity contribution in [2.75, 3.05) is 33.2 Å². The number of benzene rings is 2. The largest absolute Gasteiger partial charge is 0.494 e. The average molecular weight is 437 g/mol. The van der Waals surface area contributed by atoms with E-state index in [0.29, 0.717) is 36.3 Å². The Kier molecular flexibility index (Phi) is 6.86. The summed E-state index contributed by atoms with van der Waals surface area (Å²) in [7, 11) is 0. The van der Waals surface area contributed by atoms with Crippen molar-refractivity contribution in [3.63, 3.8) is 0 Å². The summed E-state index contributed by atoms with van der Waals surface area (Å²) >= 11 is 0. The second-order valence-electron chi connectivity index (χ2n) is 6.72. The molecule has 1 N–H and O–H groups in total. The predicted molar refractivity (Wildman–Crippen MR) is 115 cm³/mol. The van der Waals surface area contributed by atoms with Gasteiger partial charge in [-0.05, 0) is 49.4 Å². The molecule has 4 rings (SSSR count). The van der Waals surface area contributed by atoms with Gasteiger partial charge >= 0.3 is 0 Å². The molecule has 1 aliphatic heterocycles. The highest BCUT2D eigenvalue weighted by molar-refractivity contribution is 5.77. The van der Waals surface area contributed by atoms with Crippen LogP contribution < -0.4 is 29.0 Å². The van der Waals surface area contributed by atoms with Gasteiger partial charge in [-0.15, -0.1) is 10.2 Å². The molecule has 0 radical (unpaired) electrons. The molecule has 9 nitrogen and oxygen atoms in total. The highest BCUT2D eigenvalue weighted by Gasteiger charge is 2.14. The molecule has 1 aliphatic rings. The lowest BCUT2D eigenvalue weighted by molar-refractivity contribution is -0.123. The molecule has 0 saturated heterocycles. The van der Waals surface area contributed by atoms with Crippen molar-refractivity contribution in [3.05, 3.63) is 54.6 Å². The zero-order valence-corrected chi connectivity index (χ0v) is 17.6. The van der Waals surface area contributed by atoms with Crippen molar-refractivity contribution in [1.82, 2.24) is 15.5 Å². The van der Waals surface area contributed by atoms with Crippen molar-refractivity contribution >= 4 is 5.91 Å². The van der Waals surface area contributed by atoms with Gasteiger partial charge < -0.3 is 29.0 Å². The third-order valence-corrected chi connectivity index (χ3v) is 4.49. The second kappa shape index (κ2) is 10.3. The van der Waals surface area contributed by atoms with Crippen molar-refractivity contribution in [1.29, 1.82) is 0 Å². The third kappa shape index (κ3) is 5.57. The highest BCUT2D eigenvalue weighted by atomic mass is 16.7. The predicted octanol–water partition coefficient (Wildman–Crippen LogP) is 2.85. The number of hydrogen-bond acceptors (Lipinski definition) is 8. The number of aromatic nitrogens is 2. The van der Waals surface area contributed by atoms with Gasteiger partial charge in [0.1, 0.15) is 18.1 Å². The van der Waals surface area contributed by atoms with Crippen LogP contribution in [0.4, 0.5) is 0 Å². The molecule has 0 saturated carbocycles. The number of fused-ring (bicyclic) bond motifs is 1. The second-order valence-corrected chi connectivity index (χ2v) is 6.72. The summed E-state index contributed by atoms with van der Waals surface area (Å²) in [5.41, 5.74) is 1.66. The van der Waals surface area contributed by atoms with Crippen LogP contribution in [0.3, 0.4) is 0 Å². The minimum absolute atomic E-state index is 0.115. The quantitative estimate of drug-likeness (QED) is 0.483. The molecule has 0 fully saturated rings. The van der Waals surface area contributed by atoms with E-state index in [-0.39, 0.29) is 25.9 Å². The summed E-state index contributed by atoms with van der Waals surface area (Å²) in [5.74, 6) is 2.73. The monoisotopic (exact) mass is 437 g/mol. The molecule has 0 atom stereocenters. The molecule has 3 aromatic rings. The number of nitrogens with zero attached hydrogens (tertiary/aromatic N) is 2. The molecule has 2 aromatic carbocycles. The van der Waals surface area contributed by atoms with E-state index in [2.05, 4.69) is 15.5 Å². The van der Waals surface area contributed by atoms with Crippen LogP contribution >= 0.6 is 0 Å². The van der Waals surface area contributed by atoms with E-state index in [1.165, 1.54) is 0 Å². The van der Waals surface area contributed by atoms with Gasteiger partial charge in [0.05, 0.1) is 18.8 Å². The van der Waals surface area contributed by atoms with Crippen molar-refractivity contribution in [3.8, 4) is 40.1 Å². The minimum Gasteiger partial charge on any atom is -0.494 e. The summed E-state index contributed by atoms with van der Waals surface area (Å²) in [6, 6.07) is 16.4. The van der Waals surface area contributed by atoms with E-state index < -0.39 is 0 Å². The molecule has 1 aromatic heterocycles. The SMILES string of the molecule is CCOc1ccc(-c2ccc(OCCNC(=O)COc3ccc4c(c3)OCO4)nn2)cc1. The Hall–Kier alpha value is -4.01. The number of carbonyl (C=O) groups excluding carboxylic acids is 1. The Morgan fingerprint density at radius 3 is 2.53 bits per heavy atom. The first-order valence-electron chi connectivity index (χ1n) is 10.2. The molecular formula is C23H23N3O6. The number of ether oxygens (including phenoxy) is 5. The maximum atomic E-state index is 11.9. The molecule has 0 bridgehead atoms. The van der Waals surface area contributed by atoms with E-state index in [1.807, 2.05) is 37.3 Å². The molecule has 32 heavy (non-hydrogen) atoms. The Morgan fingerprint density at radius 2 is 1.75 bits per heavy atom. The Balaban J connectivity index is 1.16. The fourth-order valence-electron chi connectivity index (χ4n) is 2.95. The van der Waals surface area contributed by atoms with Gasteiger partial charge in [0, 0.05) is 17.7 Å². The molecular weight excluding hydrogens is 414 g/mol. The Labute approximate surface area is 185 Å². The van der Waals surface area contributed by atoms with Crippen LogP contribution in [0.5, 0.6) is 28.9 Å².